The number of benzene rings is 2. The third kappa shape index (κ3) is 7.54. The second-order valence-corrected chi connectivity index (χ2v) is 10.9. The van der Waals surface area contributed by atoms with Crippen molar-refractivity contribution in [2.24, 2.45) is 0 Å². The fourth-order valence-corrected chi connectivity index (χ4v) is 6.34. The molecule has 2 heterocycles. The number of likely N-dealkylation sites (tertiary alicyclic amines) is 1. The van der Waals surface area contributed by atoms with E-state index in [2.05, 4.69) is 26.6 Å². The predicted molar refractivity (Wildman–Crippen MR) is 158 cm³/mol. The van der Waals surface area contributed by atoms with Crippen molar-refractivity contribution in [2.45, 2.75) is 32.4 Å². The van der Waals surface area contributed by atoms with Gasteiger partial charge in [-0.05, 0) is 59.0 Å². The van der Waals surface area contributed by atoms with Crippen LogP contribution >= 0.6 is 27.3 Å². The van der Waals surface area contributed by atoms with Crippen LogP contribution in [-0.2, 0) is 20.8 Å². The Bertz CT molecular complexity index is 1320. The van der Waals surface area contributed by atoms with E-state index >= 15 is 0 Å². The van der Waals surface area contributed by atoms with Crippen molar-refractivity contribution in [3.05, 3.63) is 69.5 Å². The molecule has 40 heavy (non-hydrogen) atoms. The van der Waals surface area contributed by atoms with Gasteiger partial charge in [-0.3, -0.25) is 0 Å². The first-order valence-electron chi connectivity index (χ1n) is 13.0. The summed E-state index contributed by atoms with van der Waals surface area (Å²) in [6.07, 6.45) is 1.65. The molecule has 0 atom stereocenters. The number of nitrogens with one attached hydrogen (secondary N) is 2. The highest BCUT2D eigenvalue weighted by molar-refractivity contribution is 9.10. The van der Waals surface area contributed by atoms with Crippen LogP contribution in [0.4, 0.5) is 10.5 Å². The number of carbonyl (C=O) groups is 3. The van der Waals surface area contributed by atoms with E-state index in [4.69, 9.17) is 14.2 Å². The fourth-order valence-electron chi connectivity index (χ4n) is 4.37. The van der Waals surface area contributed by atoms with Gasteiger partial charge in [0.05, 0.1) is 23.1 Å². The van der Waals surface area contributed by atoms with Gasteiger partial charge in [0.2, 0.25) is 0 Å². The highest BCUT2D eigenvalue weighted by Gasteiger charge is 2.26. The maximum absolute atomic E-state index is 12.6. The molecule has 0 radical (unpaired) electrons. The molecule has 1 saturated heterocycles. The fraction of sp³-hybridized carbons (Fsp3) is 0.345. The Morgan fingerprint density at radius 2 is 1.82 bits per heavy atom. The molecular formula is C29H32BrN3O6S. The zero-order valence-corrected chi connectivity index (χ0v) is 24.8. The molecule has 11 heteroatoms. The summed E-state index contributed by atoms with van der Waals surface area (Å²) in [4.78, 5) is 39.8. The Labute approximate surface area is 245 Å². The number of methoxy groups -OCH3 is 1. The van der Waals surface area contributed by atoms with Crippen LogP contribution in [0.3, 0.4) is 0 Å². The minimum absolute atomic E-state index is 0.0470. The number of thiophene rings is 1. The van der Waals surface area contributed by atoms with E-state index in [0.717, 1.165) is 34.5 Å². The third-order valence-corrected chi connectivity index (χ3v) is 8.60. The van der Waals surface area contributed by atoms with Gasteiger partial charge in [-0.2, -0.15) is 0 Å². The van der Waals surface area contributed by atoms with Gasteiger partial charge >= 0.3 is 18.0 Å². The van der Waals surface area contributed by atoms with Crippen molar-refractivity contribution in [3.63, 3.8) is 0 Å². The number of rotatable bonds is 10. The molecule has 9 nitrogen and oxygen atoms in total. The molecule has 4 rings (SSSR count). The molecular weight excluding hydrogens is 598 g/mol. The number of hydrogen-bond acceptors (Lipinski definition) is 8. The van der Waals surface area contributed by atoms with Gasteiger partial charge in [0.25, 0.3) is 0 Å². The molecule has 1 aliphatic heterocycles. The van der Waals surface area contributed by atoms with E-state index in [-0.39, 0.29) is 35.9 Å². The summed E-state index contributed by atoms with van der Waals surface area (Å²) < 4.78 is 16.1. The van der Waals surface area contributed by atoms with Gasteiger partial charge in [-0.1, -0.05) is 42.5 Å². The highest BCUT2D eigenvalue weighted by Crippen LogP contribution is 2.46. The minimum Gasteiger partial charge on any atom is -0.479 e. The van der Waals surface area contributed by atoms with Crippen molar-refractivity contribution < 1.29 is 28.6 Å². The van der Waals surface area contributed by atoms with Crippen molar-refractivity contribution >= 4 is 50.9 Å². The van der Waals surface area contributed by atoms with Gasteiger partial charge in [0.15, 0.2) is 17.2 Å². The number of amides is 2. The maximum Gasteiger partial charge on any atom is 0.351 e. The van der Waals surface area contributed by atoms with Crippen LogP contribution < -0.4 is 15.4 Å². The average Bonchev–Trinajstić information content (AvgIpc) is 3.31. The number of nitrogens with zero attached hydrogens (tertiary/aromatic N) is 1. The second kappa shape index (κ2) is 14.2. The summed E-state index contributed by atoms with van der Waals surface area (Å²) >= 11 is 4.78. The quantitative estimate of drug-likeness (QED) is 0.277. The first-order valence-corrected chi connectivity index (χ1v) is 14.6. The Kier molecular flexibility index (Phi) is 10.4. The van der Waals surface area contributed by atoms with Crippen molar-refractivity contribution in [1.82, 2.24) is 10.2 Å². The predicted octanol–water partition coefficient (Wildman–Crippen LogP) is 5.69. The van der Waals surface area contributed by atoms with Gasteiger partial charge < -0.3 is 29.7 Å². The summed E-state index contributed by atoms with van der Waals surface area (Å²) in [6.45, 7) is 3.47. The Hall–Kier alpha value is -3.57. The van der Waals surface area contributed by atoms with Crippen LogP contribution in [0.5, 0.6) is 5.75 Å². The number of anilines is 1. The standard InChI is InChI=1S/C29H32BrN3O6S/c1-3-38-23(34)18-39-25-24(30)26(40-27(25)28(35)37-2)20-10-7-11-22(16-20)32-21-12-14-33(15-13-21)29(36)31-17-19-8-5-4-6-9-19/h4-11,16,21,32H,3,12-15,17-18H2,1-2H3,(H,31,36). The molecule has 1 aromatic heterocycles. The van der Waals surface area contributed by atoms with Crippen LogP contribution in [0.1, 0.15) is 35.0 Å². The Morgan fingerprint density at radius 1 is 1.07 bits per heavy atom. The van der Waals surface area contributed by atoms with E-state index in [1.165, 1.54) is 18.4 Å². The number of hydrogen-bond donors (Lipinski definition) is 2. The van der Waals surface area contributed by atoms with Gasteiger partial charge in [-0.25, -0.2) is 14.4 Å². The number of ether oxygens (including phenoxy) is 3. The molecule has 1 fully saturated rings. The first kappa shape index (κ1) is 29.4. The van der Waals surface area contributed by atoms with Crippen molar-refractivity contribution in [3.8, 4) is 16.2 Å². The van der Waals surface area contributed by atoms with Crippen LogP contribution in [-0.4, -0.2) is 62.3 Å². The van der Waals surface area contributed by atoms with Crippen molar-refractivity contribution in [2.75, 3.05) is 38.7 Å². The maximum atomic E-state index is 12.6. The van der Waals surface area contributed by atoms with E-state index in [1.807, 2.05) is 59.5 Å². The number of halogens is 1. The summed E-state index contributed by atoms with van der Waals surface area (Å²) in [5.74, 6) is -0.829. The van der Waals surface area contributed by atoms with Gasteiger partial charge in [-0.15, -0.1) is 11.3 Å². The zero-order valence-electron chi connectivity index (χ0n) is 22.4. The lowest BCUT2D eigenvalue weighted by Crippen LogP contribution is -2.46. The molecule has 0 unspecified atom stereocenters. The summed E-state index contributed by atoms with van der Waals surface area (Å²) in [7, 11) is 1.30. The lowest BCUT2D eigenvalue weighted by molar-refractivity contribution is -0.145. The first-order chi connectivity index (χ1) is 19.4. The van der Waals surface area contributed by atoms with Crippen LogP contribution in [0.15, 0.2) is 59.1 Å². The molecule has 1 aliphatic rings. The minimum atomic E-state index is -0.551. The lowest BCUT2D eigenvalue weighted by atomic mass is 10.0. The molecule has 0 bridgehead atoms. The topological polar surface area (TPSA) is 106 Å². The van der Waals surface area contributed by atoms with Crippen LogP contribution in [0, 0.1) is 0 Å². The number of esters is 2. The average molecular weight is 631 g/mol. The number of urea groups is 1. The molecule has 2 aromatic carbocycles. The lowest BCUT2D eigenvalue weighted by Gasteiger charge is -2.33. The SMILES string of the molecule is CCOC(=O)COc1c(C(=O)OC)sc(-c2cccc(NC3CCN(C(=O)NCc4ccccc4)CC3)c2)c1Br. The Morgan fingerprint density at radius 3 is 2.52 bits per heavy atom. The molecule has 0 saturated carbocycles. The molecule has 2 amide bonds. The molecule has 0 aliphatic carbocycles. The van der Waals surface area contributed by atoms with E-state index in [0.29, 0.717) is 24.1 Å². The highest BCUT2D eigenvalue weighted by atomic mass is 79.9. The number of carbonyl (C=O) groups excluding carboxylic acids is 3. The van der Waals surface area contributed by atoms with Gasteiger partial charge in [0, 0.05) is 31.4 Å². The van der Waals surface area contributed by atoms with Crippen LogP contribution in [0.2, 0.25) is 0 Å². The molecule has 2 N–H and O–H groups in total. The summed E-state index contributed by atoms with van der Waals surface area (Å²) in [6, 6.07) is 17.9. The summed E-state index contributed by atoms with van der Waals surface area (Å²) in [5, 5.41) is 6.58. The third-order valence-electron chi connectivity index (χ3n) is 6.38. The van der Waals surface area contributed by atoms with E-state index < -0.39 is 11.9 Å². The monoisotopic (exact) mass is 629 g/mol. The van der Waals surface area contributed by atoms with Gasteiger partial charge in [0.1, 0.15) is 0 Å². The molecule has 0 spiro atoms. The molecule has 3 aromatic rings. The smallest absolute Gasteiger partial charge is 0.351 e. The second-order valence-electron chi connectivity index (χ2n) is 9.12. The summed E-state index contributed by atoms with van der Waals surface area (Å²) in [5.41, 5.74) is 2.87. The molecule has 212 valence electrons. The number of piperidine rings is 1. The largest absolute Gasteiger partial charge is 0.479 e. The normalized spacial score (nSPS) is 13.4. The van der Waals surface area contributed by atoms with E-state index in [9.17, 15) is 14.4 Å². The van der Waals surface area contributed by atoms with E-state index in [1.54, 1.807) is 6.92 Å². The Balaban J connectivity index is 1.38. The van der Waals surface area contributed by atoms with Crippen LogP contribution in [0.25, 0.3) is 10.4 Å². The van der Waals surface area contributed by atoms with Crippen molar-refractivity contribution in [1.29, 1.82) is 0 Å². The zero-order chi connectivity index (χ0) is 28.5.